The summed E-state index contributed by atoms with van der Waals surface area (Å²) >= 11 is 0. The van der Waals surface area contributed by atoms with E-state index in [-0.39, 0.29) is 18.5 Å². The van der Waals surface area contributed by atoms with Gasteiger partial charge < -0.3 is 20.9 Å². The second-order valence-corrected chi connectivity index (χ2v) is 3.48. The molecule has 1 heterocycles. The van der Waals surface area contributed by atoms with Gasteiger partial charge in [-0.05, 0) is 6.92 Å². The Kier molecular flexibility index (Phi) is 3.29. The van der Waals surface area contributed by atoms with Crippen molar-refractivity contribution in [1.29, 1.82) is 0 Å². The number of amides is 1. The summed E-state index contributed by atoms with van der Waals surface area (Å²) < 4.78 is 4.89. The molecule has 6 nitrogen and oxygen atoms in total. The molecule has 0 aromatic heterocycles. The Bertz CT molecular complexity index is 239. The SMILES string of the molecule is CC(N)C1CC(CC(=O)O)NC(=O)O1. The fraction of sp³-hybridized carbons (Fsp3) is 0.750. The van der Waals surface area contributed by atoms with E-state index in [0.29, 0.717) is 6.42 Å². The highest BCUT2D eigenvalue weighted by Gasteiger charge is 2.30. The number of carboxylic acid groups (broad SMARTS) is 1. The molecular weight excluding hydrogens is 188 g/mol. The van der Waals surface area contributed by atoms with Gasteiger partial charge in [-0.15, -0.1) is 0 Å². The molecule has 0 aliphatic carbocycles. The number of cyclic esters (lactones) is 1. The Morgan fingerprint density at radius 3 is 3.00 bits per heavy atom. The molecule has 80 valence electrons. The Hall–Kier alpha value is -1.30. The Morgan fingerprint density at radius 1 is 1.86 bits per heavy atom. The minimum absolute atomic E-state index is 0.0989. The highest BCUT2D eigenvalue weighted by molar-refractivity contribution is 5.72. The van der Waals surface area contributed by atoms with E-state index in [9.17, 15) is 9.59 Å². The molecule has 0 aromatic rings. The van der Waals surface area contributed by atoms with Crippen molar-refractivity contribution in [2.75, 3.05) is 0 Å². The number of hydrogen-bond acceptors (Lipinski definition) is 4. The first-order chi connectivity index (χ1) is 6.49. The number of ether oxygens (including phenoxy) is 1. The van der Waals surface area contributed by atoms with E-state index in [4.69, 9.17) is 15.6 Å². The Balaban J connectivity index is 2.53. The zero-order valence-electron chi connectivity index (χ0n) is 7.90. The van der Waals surface area contributed by atoms with Crippen LogP contribution in [0.5, 0.6) is 0 Å². The molecule has 0 radical (unpaired) electrons. The maximum atomic E-state index is 11.0. The first kappa shape index (κ1) is 10.8. The summed E-state index contributed by atoms with van der Waals surface area (Å²) in [6, 6.07) is -0.665. The van der Waals surface area contributed by atoms with Gasteiger partial charge in [0.25, 0.3) is 0 Å². The van der Waals surface area contributed by atoms with Gasteiger partial charge in [0.2, 0.25) is 0 Å². The normalized spacial score (nSPS) is 28.9. The van der Waals surface area contributed by atoms with Crippen LogP contribution in [0.2, 0.25) is 0 Å². The average Bonchev–Trinajstić information content (AvgIpc) is 2.01. The molecule has 0 aromatic carbocycles. The van der Waals surface area contributed by atoms with E-state index < -0.39 is 18.2 Å². The number of nitrogens with one attached hydrogen (secondary N) is 1. The van der Waals surface area contributed by atoms with Crippen molar-refractivity contribution in [1.82, 2.24) is 5.32 Å². The quantitative estimate of drug-likeness (QED) is 0.582. The van der Waals surface area contributed by atoms with Crippen molar-refractivity contribution in [3.8, 4) is 0 Å². The molecule has 1 saturated heterocycles. The molecule has 1 rings (SSSR count). The summed E-state index contributed by atoms with van der Waals surface area (Å²) in [6.45, 7) is 1.72. The maximum absolute atomic E-state index is 11.0. The van der Waals surface area contributed by atoms with E-state index >= 15 is 0 Å². The third kappa shape index (κ3) is 2.88. The van der Waals surface area contributed by atoms with Gasteiger partial charge >= 0.3 is 12.1 Å². The fourth-order valence-corrected chi connectivity index (χ4v) is 1.39. The molecule has 1 aliphatic rings. The molecule has 1 amide bonds. The van der Waals surface area contributed by atoms with Gasteiger partial charge in [-0.1, -0.05) is 0 Å². The van der Waals surface area contributed by atoms with Crippen LogP contribution in [-0.4, -0.2) is 35.4 Å². The second kappa shape index (κ2) is 4.28. The molecule has 0 bridgehead atoms. The average molecular weight is 202 g/mol. The maximum Gasteiger partial charge on any atom is 0.407 e. The molecule has 1 fully saturated rings. The summed E-state index contributed by atoms with van der Waals surface area (Å²) in [6.07, 6.45) is -0.647. The largest absolute Gasteiger partial charge is 0.481 e. The minimum atomic E-state index is -0.944. The van der Waals surface area contributed by atoms with Gasteiger partial charge in [0, 0.05) is 18.5 Å². The minimum Gasteiger partial charge on any atom is -0.481 e. The smallest absolute Gasteiger partial charge is 0.407 e. The predicted octanol–water partition coefficient (Wildman–Crippen LogP) is -0.325. The third-order valence-corrected chi connectivity index (χ3v) is 2.10. The van der Waals surface area contributed by atoms with Crippen LogP contribution in [0, 0.1) is 0 Å². The standard InChI is InChI=1S/C8H14N2O4/c1-4(9)6-2-5(3-7(11)12)10-8(13)14-6/h4-6H,2-3,9H2,1H3,(H,10,13)(H,11,12). The number of hydrogen-bond donors (Lipinski definition) is 3. The number of carboxylic acids is 1. The van der Waals surface area contributed by atoms with E-state index in [2.05, 4.69) is 5.32 Å². The van der Waals surface area contributed by atoms with Crippen LogP contribution in [0.1, 0.15) is 19.8 Å². The van der Waals surface area contributed by atoms with Gasteiger partial charge in [0.15, 0.2) is 0 Å². The lowest BCUT2D eigenvalue weighted by Crippen LogP contribution is -2.51. The molecular formula is C8H14N2O4. The van der Waals surface area contributed by atoms with Gasteiger partial charge in [-0.25, -0.2) is 4.79 Å². The van der Waals surface area contributed by atoms with Gasteiger partial charge in [-0.3, -0.25) is 4.79 Å². The monoisotopic (exact) mass is 202 g/mol. The lowest BCUT2D eigenvalue weighted by molar-refractivity contribution is -0.137. The number of carbonyl (C=O) groups excluding carboxylic acids is 1. The molecule has 0 spiro atoms. The van der Waals surface area contributed by atoms with E-state index in [1.165, 1.54) is 0 Å². The van der Waals surface area contributed by atoms with Crippen molar-refractivity contribution < 1.29 is 19.4 Å². The van der Waals surface area contributed by atoms with Crippen LogP contribution >= 0.6 is 0 Å². The predicted molar refractivity (Wildman–Crippen MR) is 47.7 cm³/mol. The number of rotatable bonds is 3. The Labute approximate surface area is 81.4 Å². The first-order valence-electron chi connectivity index (χ1n) is 4.43. The van der Waals surface area contributed by atoms with Crippen LogP contribution in [0.4, 0.5) is 4.79 Å². The number of nitrogens with two attached hydrogens (primary N) is 1. The summed E-state index contributed by atoms with van der Waals surface area (Å²) in [4.78, 5) is 21.4. The van der Waals surface area contributed by atoms with Gasteiger partial charge in [-0.2, -0.15) is 0 Å². The van der Waals surface area contributed by atoms with Crippen molar-refractivity contribution in [2.45, 2.75) is 38.0 Å². The highest BCUT2D eigenvalue weighted by atomic mass is 16.6. The molecule has 4 N–H and O–H groups in total. The Morgan fingerprint density at radius 2 is 2.50 bits per heavy atom. The van der Waals surface area contributed by atoms with E-state index in [0.717, 1.165) is 0 Å². The van der Waals surface area contributed by atoms with Crippen molar-refractivity contribution in [3.05, 3.63) is 0 Å². The molecule has 3 atom stereocenters. The number of aliphatic carboxylic acids is 1. The van der Waals surface area contributed by atoms with Crippen LogP contribution in [0.3, 0.4) is 0 Å². The third-order valence-electron chi connectivity index (χ3n) is 2.10. The summed E-state index contributed by atoms with van der Waals surface area (Å²) in [7, 11) is 0. The zero-order chi connectivity index (χ0) is 10.7. The lowest BCUT2D eigenvalue weighted by atomic mass is 10.0. The lowest BCUT2D eigenvalue weighted by Gasteiger charge is -2.31. The highest BCUT2D eigenvalue weighted by Crippen LogP contribution is 2.14. The van der Waals surface area contributed by atoms with Gasteiger partial charge in [0.05, 0.1) is 6.42 Å². The van der Waals surface area contributed by atoms with Crippen LogP contribution < -0.4 is 11.1 Å². The molecule has 1 aliphatic heterocycles. The second-order valence-electron chi connectivity index (χ2n) is 3.48. The van der Waals surface area contributed by atoms with E-state index in [1.807, 2.05) is 0 Å². The number of carbonyl (C=O) groups is 2. The topological polar surface area (TPSA) is 102 Å². The van der Waals surface area contributed by atoms with Crippen molar-refractivity contribution >= 4 is 12.1 Å². The first-order valence-corrected chi connectivity index (χ1v) is 4.43. The molecule has 14 heavy (non-hydrogen) atoms. The van der Waals surface area contributed by atoms with Crippen molar-refractivity contribution in [2.24, 2.45) is 5.73 Å². The van der Waals surface area contributed by atoms with Crippen LogP contribution in [-0.2, 0) is 9.53 Å². The zero-order valence-corrected chi connectivity index (χ0v) is 7.90. The van der Waals surface area contributed by atoms with E-state index in [1.54, 1.807) is 6.92 Å². The van der Waals surface area contributed by atoms with Crippen molar-refractivity contribution in [3.63, 3.8) is 0 Å². The fourth-order valence-electron chi connectivity index (χ4n) is 1.39. The molecule has 0 saturated carbocycles. The van der Waals surface area contributed by atoms with Crippen LogP contribution in [0.25, 0.3) is 0 Å². The summed E-state index contributed by atoms with van der Waals surface area (Å²) in [5.74, 6) is -0.944. The van der Waals surface area contributed by atoms with Crippen LogP contribution in [0.15, 0.2) is 0 Å². The summed E-state index contributed by atoms with van der Waals surface area (Å²) in [5, 5.41) is 11.0. The molecule has 6 heteroatoms. The number of alkyl carbamates (subject to hydrolysis) is 1. The molecule has 3 unspecified atom stereocenters. The van der Waals surface area contributed by atoms with Gasteiger partial charge in [0.1, 0.15) is 6.10 Å². The summed E-state index contributed by atoms with van der Waals surface area (Å²) in [5.41, 5.74) is 5.57.